The van der Waals surface area contributed by atoms with Crippen molar-refractivity contribution >= 4 is 29.6 Å². The summed E-state index contributed by atoms with van der Waals surface area (Å²) in [4.78, 5) is 19.9. The molecule has 0 radical (unpaired) electrons. The normalized spacial score (nSPS) is 10.1. The van der Waals surface area contributed by atoms with Crippen molar-refractivity contribution in [1.82, 2.24) is 4.98 Å². The van der Waals surface area contributed by atoms with E-state index >= 15 is 0 Å². The van der Waals surface area contributed by atoms with Crippen LogP contribution >= 0.6 is 11.8 Å². The van der Waals surface area contributed by atoms with E-state index in [0.717, 1.165) is 28.4 Å². The van der Waals surface area contributed by atoms with E-state index < -0.39 is 0 Å². The van der Waals surface area contributed by atoms with Crippen LogP contribution in [0.1, 0.15) is 6.42 Å². The second kappa shape index (κ2) is 6.49. The molecule has 1 aromatic rings. The lowest BCUT2D eigenvalue weighted by Crippen LogP contribution is -2.14. The molecule has 17 heavy (non-hydrogen) atoms. The number of rotatable bonds is 6. The van der Waals surface area contributed by atoms with Gasteiger partial charge in [-0.2, -0.15) is 0 Å². The summed E-state index contributed by atoms with van der Waals surface area (Å²) in [7, 11) is 7.93. The van der Waals surface area contributed by atoms with Crippen LogP contribution in [0.15, 0.2) is 17.2 Å². The van der Waals surface area contributed by atoms with Crippen LogP contribution in [0.5, 0.6) is 0 Å². The highest BCUT2D eigenvalue weighted by molar-refractivity contribution is 7.99. The molecule has 94 valence electrons. The Kier molecular flexibility index (Phi) is 5.28. The lowest BCUT2D eigenvalue weighted by atomic mass is 10.3. The number of aromatic nitrogens is 1. The highest BCUT2D eigenvalue weighted by atomic mass is 32.2. The minimum absolute atomic E-state index is 0.581. The first-order valence-electron chi connectivity index (χ1n) is 5.47. The standard InChI is InChI=1S/C12H19N3OS/c1-14(2)10-9-13-12(15(3)4)8-11(10)17-7-5-6-16/h6,8-9H,5,7H2,1-4H3. The number of anilines is 2. The molecule has 0 N–H and O–H groups in total. The second-order valence-corrected chi connectivity index (χ2v) is 5.24. The Labute approximate surface area is 107 Å². The molecule has 5 heteroatoms. The zero-order valence-electron chi connectivity index (χ0n) is 10.8. The van der Waals surface area contributed by atoms with E-state index in [4.69, 9.17) is 0 Å². The monoisotopic (exact) mass is 253 g/mol. The molecule has 0 saturated carbocycles. The van der Waals surface area contributed by atoms with Gasteiger partial charge >= 0.3 is 0 Å². The summed E-state index contributed by atoms with van der Waals surface area (Å²) in [5, 5.41) is 0. The van der Waals surface area contributed by atoms with Crippen LogP contribution in [0.3, 0.4) is 0 Å². The number of nitrogens with zero attached hydrogens (tertiary/aromatic N) is 3. The molecule has 0 saturated heterocycles. The van der Waals surface area contributed by atoms with Crippen LogP contribution in [-0.2, 0) is 4.79 Å². The van der Waals surface area contributed by atoms with Gasteiger partial charge in [-0.3, -0.25) is 0 Å². The highest BCUT2D eigenvalue weighted by Crippen LogP contribution is 2.31. The second-order valence-electron chi connectivity index (χ2n) is 4.10. The predicted octanol–water partition coefficient (Wildman–Crippen LogP) is 1.89. The van der Waals surface area contributed by atoms with E-state index in [0.29, 0.717) is 6.42 Å². The summed E-state index contributed by atoms with van der Waals surface area (Å²) in [6.07, 6.45) is 3.41. The van der Waals surface area contributed by atoms with Gasteiger partial charge in [0, 0.05) is 45.3 Å². The first-order chi connectivity index (χ1) is 8.06. The van der Waals surface area contributed by atoms with Gasteiger partial charge in [0.05, 0.1) is 11.9 Å². The SMILES string of the molecule is CN(C)c1cc(SCCC=O)c(N(C)C)cn1. The summed E-state index contributed by atoms with van der Waals surface area (Å²) in [6, 6.07) is 2.06. The Hall–Kier alpha value is -1.23. The molecule has 0 aromatic carbocycles. The maximum atomic E-state index is 10.3. The molecule has 0 atom stereocenters. The molecule has 0 aliphatic heterocycles. The largest absolute Gasteiger partial charge is 0.376 e. The van der Waals surface area contributed by atoms with Crippen LogP contribution in [0.4, 0.5) is 11.5 Å². The van der Waals surface area contributed by atoms with Crippen LogP contribution in [-0.4, -0.2) is 45.2 Å². The number of aldehydes is 1. The fourth-order valence-corrected chi connectivity index (χ4v) is 2.34. The van der Waals surface area contributed by atoms with E-state index in [1.165, 1.54) is 0 Å². The summed E-state index contributed by atoms with van der Waals surface area (Å²) in [5.74, 6) is 1.74. The van der Waals surface area contributed by atoms with Crippen molar-refractivity contribution in [2.45, 2.75) is 11.3 Å². The third kappa shape index (κ3) is 3.93. The van der Waals surface area contributed by atoms with Gasteiger partial charge in [0.15, 0.2) is 0 Å². The molecule has 0 fully saturated rings. The molecular formula is C12H19N3OS. The van der Waals surface area contributed by atoms with Gasteiger partial charge in [-0.25, -0.2) is 4.98 Å². The quantitative estimate of drug-likeness (QED) is 0.439. The Morgan fingerprint density at radius 1 is 1.29 bits per heavy atom. The smallest absolute Gasteiger partial charge is 0.129 e. The third-order valence-electron chi connectivity index (χ3n) is 2.27. The first kappa shape index (κ1) is 13.8. The van der Waals surface area contributed by atoms with E-state index in [9.17, 15) is 4.79 Å². The molecular weight excluding hydrogens is 234 g/mol. The lowest BCUT2D eigenvalue weighted by Gasteiger charge is -2.19. The van der Waals surface area contributed by atoms with Crippen molar-refractivity contribution in [1.29, 1.82) is 0 Å². The minimum atomic E-state index is 0.581. The molecule has 0 bridgehead atoms. The fraction of sp³-hybridized carbons (Fsp3) is 0.500. The molecule has 0 amide bonds. The maximum Gasteiger partial charge on any atom is 0.129 e. The van der Waals surface area contributed by atoms with Gasteiger partial charge in [-0.15, -0.1) is 11.8 Å². The molecule has 0 unspecified atom stereocenters. The first-order valence-corrected chi connectivity index (χ1v) is 6.46. The van der Waals surface area contributed by atoms with Crippen LogP contribution in [0, 0.1) is 0 Å². The maximum absolute atomic E-state index is 10.3. The molecule has 0 spiro atoms. The molecule has 0 aliphatic rings. The van der Waals surface area contributed by atoms with Crippen molar-refractivity contribution in [3.8, 4) is 0 Å². The number of carbonyl (C=O) groups is 1. The molecule has 4 nitrogen and oxygen atoms in total. The van der Waals surface area contributed by atoms with E-state index in [-0.39, 0.29) is 0 Å². The van der Waals surface area contributed by atoms with Crippen molar-refractivity contribution in [3.63, 3.8) is 0 Å². The van der Waals surface area contributed by atoms with Gasteiger partial charge in [0.2, 0.25) is 0 Å². The Morgan fingerprint density at radius 2 is 2.00 bits per heavy atom. The number of hydrogen-bond acceptors (Lipinski definition) is 5. The fourth-order valence-electron chi connectivity index (χ4n) is 1.33. The molecule has 0 aliphatic carbocycles. The molecule has 1 aromatic heterocycles. The predicted molar refractivity (Wildman–Crippen MR) is 74.3 cm³/mol. The van der Waals surface area contributed by atoms with E-state index in [1.807, 2.05) is 44.2 Å². The minimum Gasteiger partial charge on any atom is -0.376 e. The van der Waals surface area contributed by atoms with Crippen molar-refractivity contribution < 1.29 is 4.79 Å². The Bertz CT molecular complexity index is 380. The highest BCUT2D eigenvalue weighted by Gasteiger charge is 2.08. The zero-order valence-corrected chi connectivity index (χ0v) is 11.6. The third-order valence-corrected chi connectivity index (χ3v) is 3.34. The summed E-state index contributed by atoms with van der Waals surface area (Å²) >= 11 is 1.69. The van der Waals surface area contributed by atoms with Gasteiger partial charge < -0.3 is 14.6 Å². The average Bonchev–Trinajstić information content (AvgIpc) is 2.28. The van der Waals surface area contributed by atoms with Crippen molar-refractivity contribution in [2.75, 3.05) is 43.7 Å². The summed E-state index contributed by atoms with van der Waals surface area (Å²) < 4.78 is 0. The average molecular weight is 253 g/mol. The molecule has 1 heterocycles. The van der Waals surface area contributed by atoms with Crippen LogP contribution in [0.25, 0.3) is 0 Å². The van der Waals surface area contributed by atoms with Crippen molar-refractivity contribution in [3.05, 3.63) is 12.3 Å². The van der Waals surface area contributed by atoms with E-state index in [2.05, 4.69) is 11.1 Å². The molecule has 1 rings (SSSR count). The van der Waals surface area contributed by atoms with E-state index in [1.54, 1.807) is 11.8 Å². The number of carbonyl (C=O) groups excluding carboxylic acids is 1. The zero-order chi connectivity index (χ0) is 12.8. The Morgan fingerprint density at radius 3 is 2.53 bits per heavy atom. The van der Waals surface area contributed by atoms with Gasteiger partial charge in [-0.1, -0.05) is 0 Å². The van der Waals surface area contributed by atoms with Crippen molar-refractivity contribution in [2.24, 2.45) is 0 Å². The number of pyridine rings is 1. The lowest BCUT2D eigenvalue weighted by molar-refractivity contribution is -0.107. The van der Waals surface area contributed by atoms with Crippen LogP contribution in [0.2, 0.25) is 0 Å². The summed E-state index contributed by atoms with van der Waals surface area (Å²) in [6.45, 7) is 0. The van der Waals surface area contributed by atoms with Gasteiger partial charge in [-0.05, 0) is 6.07 Å². The number of thioether (sulfide) groups is 1. The van der Waals surface area contributed by atoms with Gasteiger partial charge in [0.25, 0.3) is 0 Å². The van der Waals surface area contributed by atoms with Gasteiger partial charge in [0.1, 0.15) is 12.1 Å². The topological polar surface area (TPSA) is 36.4 Å². The van der Waals surface area contributed by atoms with Crippen LogP contribution < -0.4 is 9.80 Å². The number of hydrogen-bond donors (Lipinski definition) is 0. The summed E-state index contributed by atoms with van der Waals surface area (Å²) in [5.41, 5.74) is 1.09. The Balaban J connectivity index is 2.94.